The summed E-state index contributed by atoms with van der Waals surface area (Å²) in [6, 6.07) is 0.676. The second-order valence-electron chi connectivity index (χ2n) is 3.75. The minimum Gasteiger partial charge on any atom is -0.379 e. The number of nitrogens with two attached hydrogens (primary N) is 1. The fourth-order valence-electron chi connectivity index (χ4n) is 1.68. The van der Waals surface area contributed by atoms with Crippen LogP contribution in [0.4, 0.5) is 0 Å². The minimum atomic E-state index is 0. The minimum absolute atomic E-state index is 0. The van der Waals surface area contributed by atoms with E-state index in [0.29, 0.717) is 19.2 Å². The van der Waals surface area contributed by atoms with Crippen LogP contribution >= 0.6 is 24.2 Å². The van der Waals surface area contributed by atoms with Gasteiger partial charge in [-0.1, -0.05) is 6.92 Å². The van der Waals surface area contributed by atoms with Gasteiger partial charge in [-0.3, -0.25) is 4.90 Å². The zero-order valence-corrected chi connectivity index (χ0v) is 11.3. The molecule has 0 aromatic carbocycles. The summed E-state index contributed by atoms with van der Waals surface area (Å²) in [5.41, 5.74) is 5.36. The SMILES string of the molecule is CC1SCCN(CCOCCN)C1C.Cl. The lowest BCUT2D eigenvalue weighted by Gasteiger charge is -2.37. The molecule has 1 heterocycles. The molecule has 0 bridgehead atoms. The molecule has 5 heteroatoms. The van der Waals surface area contributed by atoms with Gasteiger partial charge in [-0.25, -0.2) is 0 Å². The fraction of sp³-hybridized carbons (Fsp3) is 1.00. The summed E-state index contributed by atoms with van der Waals surface area (Å²) in [4.78, 5) is 2.51. The summed E-state index contributed by atoms with van der Waals surface area (Å²) in [5, 5.41) is 0.748. The van der Waals surface area contributed by atoms with Gasteiger partial charge in [0.05, 0.1) is 13.2 Å². The quantitative estimate of drug-likeness (QED) is 0.749. The van der Waals surface area contributed by atoms with Crippen molar-refractivity contribution in [2.75, 3.05) is 38.6 Å². The summed E-state index contributed by atoms with van der Waals surface area (Å²) < 4.78 is 5.40. The normalized spacial score (nSPS) is 27.4. The Morgan fingerprint density at radius 3 is 2.80 bits per heavy atom. The summed E-state index contributed by atoms with van der Waals surface area (Å²) in [7, 11) is 0. The molecule has 1 aliphatic rings. The fourth-order valence-corrected chi connectivity index (χ4v) is 2.84. The lowest BCUT2D eigenvalue weighted by atomic mass is 10.2. The Morgan fingerprint density at radius 2 is 2.13 bits per heavy atom. The Labute approximate surface area is 104 Å². The van der Waals surface area contributed by atoms with E-state index in [4.69, 9.17) is 10.5 Å². The van der Waals surface area contributed by atoms with Crippen molar-refractivity contribution < 1.29 is 4.74 Å². The molecule has 3 nitrogen and oxygen atoms in total. The zero-order chi connectivity index (χ0) is 10.4. The second kappa shape index (κ2) is 8.65. The molecule has 0 aromatic heterocycles. The van der Waals surface area contributed by atoms with Crippen molar-refractivity contribution in [2.24, 2.45) is 5.73 Å². The monoisotopic (exact) mass is 254 g/mol. The molecule has 15 heavy (non-hydrogen) atoms. The molecule has 0 spiro atoms. The second-order valence-corrected chi connectivity index (χ2v) is 5.24. The number of thioether (sulfide) groups is 1. The van der Waals surface area contributed by atoms with Crippen molar-refractivity contribution >= 4 is 24.2 Å². The highest BCUT2D eigenvalue weighted by molar-refractivity contribution is 8.00. The molecule has 2 N–H and O–H groups in total. The van der Waals surface area contributed by atoms with Crippen molar-refractivity contribution in [3.63, 3.8) is 0 Å². The van der Waals surface area contributed by atoms with Crippen molar-refractivity contribution in [1.29, 1.82) is 0 Å². The van der Waals surface area contributed by atoms with E-state index in [1.54, 1.807) is 0 Å². The van der Waals surface area contributed by atoms with Crippen LogP contribution in [0.5, 0.6) is 0 Å². The summed E-state index contributed by atoms with van der Waals surface area (Å²) >= 11 is 2.07. The number of ether oxygens (including phenoxy) is 1. The van der Waals surface area contributed by atoms with Gasteiger partial charge in [-0.05, 0) is 6.92 Å². The third kappa shape index (κ3) is 5.41. The van der Waals surface area contributed by atoms with E-state index in [2.05, 4.69) is 30.5 Å². The van der Waals surface area contributed by atoms with E-state index in [1.165, 1.54) is 12.3 Å². The van der Waals surface area contributed by atoms with E-state index in [-0.39, 0.29) is 12.4 Å². The largest absolute Gasteiger partial charge is 0.379 e. The molecule has 0 aliphatic carbocycles. The van der Waals surface area contributed by atoms with Crippen LogP contribution in [0, 0.1) is 0 Å². The van der Waals surface area contributed by atoms with Crippen LogP contribution in [0.2, 0.25) is 0 Å². The highest BCUT2D eigenvalue weighted by Gasteiger charge is 2.24. The zero-order valence-electron chi connectivity index (χ0n) is 9.65. The Hall–Kier alpha value is 0.520. The van der Waals surface area contributed by atoms with Crippen LogP contribution in [0.15, 0.2) is 0 Å². The average molecular weight is 255 g/mol. The predicted molar refractivity (Wildman–Crippen MR) is 70.1 cm³/mol. The summed E-state index contributed by atoms with van der Waals surface area (Å²) in [6.07, 6.45) is 0. The molecule has 92 valence electrons. The molecule has 1 rings (SSSR count). The van der Waals surface area contributed by atoms with E-state index in [0.717, 1.165) is 18.4 Å². The van der Waals surface area contributed by atoms with Gasteiger partial charge in [0, 0.05) is 36.7 Å². The first-order valence-corrected chi connectivity index (χ1v) is 6.44. The Morgan fingerprint density at radius 1 is 1.40 bits per heavy atom. The number of halogens is 1. The predicted octanol–water partition coefficient (Wildman–Crippen LogP) is 1.21. The van der Waals surface area contributed by atoms with Crippen molar-refractivity contribution in [3.8, 4) is 0 Å². The summed E-state index contributed by atoms with van der Waals surface area (Å²) in [5.74, 6) is 1.25. The van der Waals surface area contributed by atoms with Crippen LogP contribution in [0.25, 0.3) is 0 Å². The number of nitrogens with zero attached hydrogens (tertiary/aromatic N) is 1. The number of hydrogen-bond donors (Lipinski definition) is 1. The molecule has 0 amide bonds. The van der Waals surface area contributed by atoms with E-state index < -0.39 is 0 Å². The third-order valence-electron chi connectivity index (χ3n) is 2.80. The molecule has 2 unspecified atom stereocenters. The van der Waals surface area contributed by atoms with Crippen LogP contribution in [0.1, 0.15) is 13.8 Å². The first-order valence-electron chi connectivity index (χ1n) is 5.39. The Balaban J connectivity index is 0.00000196. The highest BCUT2D eigenvalue weighted by Crippen LogP contribution is 2.23. The van der Waals surface area contributed by atoms with E-state index in [1.807, 2.05) is 0 Å². The molecule has 1 aliphatic heterocycles. The van der Waals surface area contributed by atoms with Gasteiger partial charge >= 0.3 is 0 Å². The smallest absolute Gasteiger partial charge is 0.0594 e. The Kier molecular flexibility index (Phi) is 8.95. The highest BCUT2D eigenvalue weighted by atomic mass is 35.5. The van der Waals surface area contributed by atoms with Gasteiger partial charge in [0.2, 0.25) is 0 Å². The molecule has 2 atom stereocenters. The molecule has 1 saturated heterocycles. The third-order valence-corrected chi connectivity index (χ3v) is 4.14. The van der Waals surface area contributed by atoms with Gasteiger partial charge in [0.15, 0.2) is 0 Å². The molecule has 1 fully saturated rings. The van der Waals surface area contributed by atoms with Crippen molar-refractivity contribution in [2.45, 2.75) is 25.1 Å². The van der Waals surface area contributed by atoms with E-state index in [9.17, 15) is 0 Å². The maximum Gasteiger partial charge on any atom is 0.0594 e. The van der Waals surface area contributed by atoms with Gasteiger partial charge in [-0.15, -0.1) is 12.4 Å². The van der Waals surface area contributed by atoms with Gasteiger partial charge in [-0.2, -0.15) is 11.8 Å². The molecular formula is C10H23ClN2OS. The Bertz CT molecular complexity index is 162. The first kappa shape index (κ1) is 15.5. The van der Waals surface area contributed by atoms with Crippen molar-refractivity contribution in [3.05, 3.63) is 0 Å². The van der Waals surface area contributed by atoms with Gasteiger partial charge < -0.3 is 10.5 Å². The maximum absolute atomic E-state index is 5.40. The van der Waals surface area contributed by atoms with Crippen LogP contribution in [-0.2, 0) is 4.74 Å². The average Bonchev–Trinajstić information content (AvgIpc) is 2.19. The lowest BCUT2D eigenvalue weighted by molar-refractivity contribution is 0.0955. The lowest BCUT2D eigenvalue weighted by Crippen LogP contribution is -2.46. The molecular weight excluding hydrogens is 232 g/mol. The number of hydrogen-bond acceptors (Lipinski definition) is 4. The number of rotatable bonds is 5. The summed E-state index contributed by atoms with van der Waals surface area (Å²) in [6.45, 7) is 8.99. The molecule has 0 aromatic rings. The van der Waals surface area contributed by atoms with Crippen LogP contribution < -0.4 is 5.73 Å². The van der Waals surface area contributed by atoms with Crippen molar-refractivity contribution in [1.82, 2.24) is 4.90 Å². The maximum atomic E-state index is 5.40. The molecule has 0 saturated carbocycles. The van der Waals surface area contributed by atoms with Gasteiger partial charge in [0.25, 0.3) is 0 Å². The topological polar surface area (TPSA) is 38.5 Å². The van der Waals surface area contributed by atoms with Crippen LogP contribution in [0.3, 0.4) is 0 Å². The van der Waals surface area contributed by atoms with E-state index >= 15 is 0 Å². The van der Waals surface area contributed by atoms with Gasteiger partial charge in [0.1, 0.15) is 0 Å². The molecule has 0 radical (unpaired) electrons. The standard InChI is InChI=1S/C10H22N2OS.ClH/c1-9-10(2)14-8-5-12(9)4-7-13-6-3-11;/h9-10H,3-8,11H2,1-2H3;1H. The van der Waals surface area contributed by atoms with Crippen LogP contribution in [-0.4, -0.2) is 54.8 Å². The first-order chi connectivity index (χ1) is 6.75.